The van der Waals surface area contributed by atoms with E-state index in [1.54, 1.807) is 18.4 Å². The molecule has 0 saturated carbocycles. The molecule has 19 heavy (non-hydrogen) atoms. The fourth-order valence-corrected chi connectivity index (χ4v) is 3.00. The second-order valence-corrected chi connectivity index (χ2v) is 6.77. The van der Waals surface area contributed by atoms with Gasteiger partial charge in [-0.15, -0.1) is 11.3 Å². The first-order valence-corrected chi connectivity index (χ1v) is 7.62. The number of methoxy groups -OCH3 is 1. The van der Waals surface area contributed by atoms with Crippen LogP contribution in [0.3, 0.4) is 0 Å². The van der Waals surface area contributed by atoms with Crippen molar-refractivity contribution >= 4 is 16.5 Å². The highest BCUT2D eigenvalue weighted by Crippen LogP contribution is 2.33. The normalized spacial score (nSPS) is 11.9. The third-order valence-electron chi connectivity index (χ3n) is 2.89. The van der Waals surface area contributed by atoms with Crippen molar-refractivity contribution in [3.8, 4) is 0 Å². The maximum atomic E-state index is 5.13. The standard InChI is InChI=1S/C14H27N3OS/c1-7-15-10-11-12(14(2,3)4)16-13(19-11)17(5)8-9-18-6/h15H,7-10H2,1-6H3. The molecule has 0 aliphatic rings. The molecule has 1 N–H and O–H groups in total. The van der Waals surface area contributed by atoms with E-state index in [2.05, 4.69) is 45.0 Å². The number of nitrogens with one attached hydrogen (secondary N) is 1. The number of likely N-dealkylation sites (N-methyl/N-ethyl adjacent to an activating group) is 1. The molecule has 1 rings (SSSR count). The van der Waals surface area contributed by atoms with Crippen LogP contribution in [-0.2, 0) is 16.7 Å². The van der Waals surface area contributed by atoms with Gasteiger partial charge in [0.1, 0.15) is 0 Å². The van der Waals surface area contributed by atoms with Gasteiger partial charge in [0.25, 0.3) is 0 Å². The topological polar surface area (TPSA) is 37.4 Å². The summed E-state index contributed by atoms with van der Waals surface area (Å²) in [7, 11) is 3.80. The molecule has 0 bridgehead atoms. The minimum atomic E-state index is 0.0849. The monoisotopic (exact) mass is 285 g/mol. The molecule has 1 aromatic rings. The van der Waals surface area contributed by atoms with E-state index in [-0.39, 0.29) is 5.41 Å². The minimum Gasteiger partial charge on any atom is -0.383 e. The largest absolute Gasteiger partial charge is 0.383 e. The number of thiazole rings is 1. The molecule has 0 unspecified atom stereocenters. The van der Waals surface area contributed by atoms with Gasteiger partial charge in [0, 0.05) is 37.5 Å². The SMILES string of the molecule is CCNCc1sc(N(C)CCOC)nc1C(C)(C)C. The summed E-state index contributed by atoms with van der Waals surface area (Å²) in [4.78, 5) is 8.34. The molecular weight excluding hydrogens is 258 g/mol. The average Bonchev–Trinajstić information content (AvgIpc) is 2.77. The van der Waals surface area contributed by atoms with E-state index in [1.165, 1.54) is 10.6 Å². The molecule has 1 heterocycles. The summed E-state index contributed by atoms with van der Waals surface area (Å²) in [5.41, 5.74) is 1.29. The van der Waals surface area contributed by atoms with Crippen molar-refractivity contribution in [1.29, 1.82) is 0 Å². The molecule has 0 aliphatic heterocycles. The Kier molecular flexibility index (Phi) is 6.23. The lowest BCUT2D eigenvalue weighted by molar-refractivity contribution is 0.206. The predicted molar refractivity (Wildman–Crippen MR) is 83.3 cm³/mol. The van der Waals surface area contributed by atoms with Crippen LogP contribution >= 0.6 is 11.3 Å². The fraction of sp³-hybridized carbons (Fsp3) is 0.786. The summed E-state index contributed by atoms with van der Waals surface area (Å²) in [6.07, 6.45) is 0. The van der Waals surface area contributed by atoms with Gasteiger partial charge in [-0.3, -0.25) is 0 Å². The van der Waals surface area contributed by atoms with E-state index in [0.717, 1.165) is 31.4 Å². The van der Waals surface area contributed by atoms with Gasteiger partial charge in [-0.2, -0.15) is 0 Å². The molecule has 5 heteroatoms. The zero-order chi connectivity index (χ0) is 14.5. The van der Waals surface area contributed by atoms with Crippen LogP contribution < -0.4 is 10.2 Å². The van der Waals surface area contributed by atoms with Gasteiger partial charge < -0.3 is 15.0 Å². The lowest BCUT2D eigenvalue weighted by atomic mass is 9.91. The van der Waals surface area contributed by atoms with Gasteiger partial charge in [-0.05, 0) is 6.54 Å². The highest BCUT2D eigenvalue weighted by molar-refractivity contribution is 7.15. The van der Waals surface area contributed by atoms with Gasteiger partial charge in [0.15, 0.2) is 5.13 Å². The zero-order valence-electron chi connectivity index (χ0n) is 13.0. The molecule has 110 valence electrons. The number of hydrogen-bond acceptors (Lipinski definition) is 5. The Morgan fingerprint density at radius 2 is 2.05 bits per heavy atom. The van der Waals surface area contributed by atoms with Crippen molar-refractivity contribution in [2.45, 2.75) is 39.7 Å². The van der Waals surface area contributed by atoms with Crippen LogP contribution in [0.15, 0.2) is 0 Å². The molecular formula is C14H27N3OS. The molecule has 0 amide bonds. The Hall–Kier alpha value is -0.650. The van der Waals surface area contributed by atoms with Crippen molar-refractivity contribution in [2.24, 2.45) is 0 Å². The Balaban J connectivity index is 2.92. The average molecular weight is 285 g/mol. The van der Waals surface area contributed by atoms with Crippen LogP contribution in [0.5, 0.6) is 0 Å². The molecule has 0 atom stereocenters. The number of ether oxygens (including phenoxy) is 1. The molecule has 0 spiro atoms. The Labute approximate surface area is 121 Å². The van der Waals surface area contributed by atoms with Crippen molar-refractivity contribution in [2.75, 3.05) is 38.8 Å². The van der Waals surface area contributed by atoms with Crippen molar-refractivity contribution in [3.63, 3.8) is 0 Å². The molecule has 0 aliphatic carbocycles. The van der Waals surface area contributed by atoms with Crippen molar-refractivity contribution in [3.05, 3.63) is 10.6 Å². The highest BCUT2D eigenvalue weighted by Gasteiger charge is 2.23. The summed E-state index contributed by atoms with van der Waals surface area (Å²) in [5, 5.41) is 4.48. The Morgan fingerprint density at radius 1 is 1.37 bits per heavy atom. The van der Waals surface area contributed by atoms with Gasteiger partial charge in [-0.1, -0.05) is 27.7 Å². The second-order valence-electron chi connectivity index (χ2n) is 5.71. The van der Waals surface area contributed by atoms with Crippen LogP contribution in [0.25, 0.3) is 0 Å². The molecule has 0 fully saturated rings. The van der Waals surface area contributed by atoms with Gasteiger partial charge in [0.2, 0.25) is 0 Å². The maximum Gasteiger partial charge on any atom is 0.185 e. The summed E-state index contributed by atoms with van der Waals surface area (Å²) < 4.78 is 5.13. The van der Waals surface area contributed by atoms with Crippen molar-refractivity contribution in [1.82, 2.24) is 10.3 Å². The quantitative estimate of drug-likeness (QED) is 0.835. The predicted octanol–water partition coefficient (Wildman–Crippen LogP) is 2.63. The summed E-state index contributed by atoms with van der Waals surface area (Å²) in [5.74, 6) is 0. The maximum absolute atomic E-state index is 5.13. The molecule has 0 saturated heterocycles. The van der Waals surface area contributed by atoms with Crippen LogP contribution in [0.2, 0.25) is 0 Å². The van der Waals surface area contributed by atoms with E-state index >= 15 is 0 Å². The van der Waals surface area contributed by atoms with Gasteiger partial charge in [0.05, 0.1) is 12.3 Å². The third-order valence-corrected chi connectivity index (χ3v) is 4.06. The number of aromatic nitrogens is 1. The van der Waals surface area contributed by atoms with E-state index < -0.39 is 0 Å². The second kappa shape index (κ2) is 7.22. The summed E-state index contributed by atoms with van der Waals surface area (Å²) in [6, 6.07) is 0. The first-order chi connectivity index (χ1) is 8.90. The highest BCUT2D eigenvalue weighted by atomic mass is 32.1. The smallest absolute Gasteiger partial charge is 0.185 e. The summed E-state index contributed by atoms with van der Waals surface area (Å²) in [6.45, 7) is 12.3. The van der Waals surface area contributed by atoms with Gasteiger partial charge >= 0.3 is 0 Å². The Morgan fingerprint density at radius 3 is 2.58 bits per heavy atom. The molecule has 0 radical (unpaired) electrons. The van der Waals surface area contributed by atoms with Crippen molar-refractivity contribution < 1.29 is 4.74 Å². The van der Waals surface area contributed by atoms with E-state index in [4.69, 9.17) is 9.72 Å². The van der Waals surface area contributed by atoms with Crippen LogP contribution in [0.4, 0.5) is 5.13 Å². The number of rotatable bonds is 7. The lowest BCUT2D eigenvalue weighted by Crippen LogP contribution is -2.22. The number of hydrogen-bond donors (Lipinski definition) is 1. The van der Waals surface area contributed by atoms with Crippen LogP contribution in [0, 0.1) is 0 Å². The lowest BCUT2D eigenvalue weighted by Gasteiger charge is -2.18. The summed E-state index contributed by atoms with van der Waals surface area (Å²) >= 11 is 1.78. The van der Waals surface area contributed by atoms with E-state index in [1.807, 2.05) is 0 Å². The zero-order valence-corrected chi connectivity index (χ0v) is 13.9. The fourth-order valence-electron chi connectivity index (χ4n) is 1.77. The van der Waals surface area contributed by atoms with Crippen LogP contribution in [-0.4, -0.2) is 38.8 Å². The number of nitrogens with zero attached hydrogens (tertiary/aromatic N) is 2. The minimum absolute atomic E-state index is 0.0849. The van der Waals surface area contributed by atoms with E-state index in [0.29, 0.717) is 0 Å². The third kappa shape index (κ3) is 4.75. The molecule has 1 aromatic heterocycles. The molecule has 4 nitrogen and oxygen atoms in total. The van der Waals surface area contributed by atoms with E-state index in [9.17, 15) is 0 Å². The number of anilines is 1. The first-order valence-electron chi connectivity index (χ1n) is 6.81. The molecule has 0 aromatic carbocycles. The first kappa shape index (κ1) is 16.4. The Bertz CT molecular complexity index is 385. The van der Waals surface area contributed by atoms with Crippen LogP contribution in [0.1, 0.15) is 38.3 Å². The van der Waals surface area contributed by atoms with Gasteiger partial charge in [-0.25, -0.2) is 4.98 Å².